The molecule has 4 nitrogen and oxygen atoms in total. The lowest BCUT2D eigenvalue weighted by atomic mass is 10.1. The molecule has 1 heterocycles. The van der Waals surface area contributed by atoms with Crippen LogP contribution in [0.4, 0.5) is 0 Å². The van der Waals surface area contributed by atoms with E-state index in [0.29, 0.717) is 11.6 Å². The van der Waals surface area contributed by atoms with Gasteiger partial charge in [0.15, 0.2) is 0 Å². The largest absolute Gasteiger partial charge is 0.325 e. The molecule has 0 fully saturated rings. The fourth-order valence-electron chi connectivity index (χ4n) is 2.51. The van der Waals surface area contributed by atoms with Gasteiger partial charge in [-0.1, -0.05) is 47.1 Å². The average molecular weight is 313 g/mol. The zero-order valence-electron chi connectivity index (χ0n) is 12.3. The summed E-state index contributed by atoms with van der Waals surface area (Å²) in [5.41, 5.74) is 10.9. The van der Waals surface area contributed by atoms with E-state index in [9.17, 15) is 0 Å². The molecule has 3 aromatic rings. The van der Waals surface area contributed by atoms with Crippen LogP contribution in [0.15, 0.2) is 48.5 Å². The standard InChI is InChI=1S/C17H17ClN4/c1-12-9-14(18)7-8-16(12)22-17(15(11-19)20-21-22)10-13-5-3-2-4-6-13/h2-9H,10-11,19H2,1H3. The fourth-order valence-corrected chi connectivity index (χ4v) is 2.73. The lowest BCUT2D eigenvalue weighted by Gasteiger charge is -2.11. The number of aryl methyl sites for hydroxylation is 1. The SMILES string of the molecule is Cc1cc(Cl)ccc1-n1nnc(CN)c1Cc1ccccc1. The van der Waals surface area contributed by atoms with E-state index in [2.05, 4.69) is 22.4 Å². The van der Waals surface area contributed by atoms with Crippen LogP contribution in [-0.2, 0) is 13.0 Å². The van der Waals surface area contributed by atoms with Gasteiger partial charge >= 0.3 is 0 Å². The first kappa shape index (κ1) is 14.8. The number of aromatic nitrogens is 3. The Balaban J connectivity index is 2.07. The molecule has 0 aliphatic carbocycles. The van der Waals surface area contributed by atoms with Crippen LogP contribution in [0, 0.1) is 6.92 Å². The monoisotopic (exact) mass is 312 g/mol. The van der Waals surface area contributed by atoms with Gasteiger partial charge in [-0.05, 0) is 36.2 Å². The molecule has 0 saturated heterocycles. The lowest BCUT2D eigenvalue weighted by Crippen LogP contribution is -2.08. The first-order chi connectivity index (χ1) is 10.7. The molecule has 0 unspecified atom stereocenters. The Morgan fingerprint density at radius 3 is 2.59 bits per heavy atom. The number of rotatable bonds is 4. The summed E-state index contributed by atoms with van der Waals surface area (Å²) in [6.07, 6.45) is 0.739. The van der Waals surface area contributed by atoms with Crippen LogP contribution in [0.3, 0.4) is 0 Å². The first-order valence-electron chi connectivity index (χ1n) is 7.13. The van der Waals surface area contributed by atoms with Crippen molar-refractivity contribution in [1.29, 1.82) is 0 Å². The Hall–Kier alpha value is -2.17. The normalized spacial score (nSPS) is 10.9. The van der Waals surface area contributed by atoms with Crippen LogP contribution < -0.4 is 5.73 Å². The van der Waals surface area contributed by atoms with Crippen molar-refractivity contribution in [2.45, 2.75) is 19.9 Å². The van der Waals surface area contributed by atoms with Crippen LogP contribution in [0.1, 0.15) is 22.5 Å². The second-order valence-electron chi connectivity index (χ2n) is 5.19. The molecule has 2 aromatic carbocycles. The quantitative estimate of drug-likeness (QED) is 0.804. The molecule has 0 aliphatic heterocycles. The molecule has 0 atom stereocenters. The van der Waals surface area contributed by atoms with Gasteiger partial charge in [0.05, 0.1) is 11.4 Å². The van der Waals surface area contributed by atoms with Crippen molar-refractivity contribution in [1.82, 2.24) is 15.0 Å². The number of nitrogens with zero attached hydrogens (tertiary/aromatic N) is 3. The topological polar surface area (TPSA) is 56.7 Å². The van der Waals surface area contributed by atoms with Gasteiger partial charge in [0.1, 0.15) is 5.69 Å². The number of hydrogen-bond acceptors (Lipinski definition) is 3. The molecule has 0 amide bonds. The van der Waals surface area contributed by atoms with E-state index >= 15 is 0 Å². The Labute approximate surface area is 134 Å². The third-order valence-corrected chi connectivity index (χ3v) is 3.87. The maximum atomic E-state index is 6.04. The van der Waals surface area contributed by atoms with Gasteiger partial charge in [-0.2, -0.15) is 0 Å². The summed E-state index contributed by atoms with van der Waals surface area (Å²) >= 11 is 6.04. The Kier molecular flexibility index (Phi) is 4.22. The highest BCUT2D eigenvalue weighted by Crippen LogP contribution is 2.22. The summed E-state index contributed by atoms with van der Waals surface area (Å²) in [4.78, 5) is 0. The average Bonchev–Trinajstić information content (AvgIpc) is 2.91. The highest BCUT2D eigenvalue weighted by Gasteiger charge is 2.15. The van der Waals surface area contributed by atoms with Crippen LogP contribution in [-0.4, -0.2) is 15.0 Å². The van der Waals surface area contributed by atoms with Crippen molar-refractivity contribution >= 4 is 11.6 Å². The van der Waals surface area contributed by atoms with E-state index in [1.165, 1.54) is 5.56 Å². The van der Waals surface area contributed by atoms with Crippen molar-refractivity contribution in [2.24, 2.45) is 5.73 Å². The molecule has 3 rings (SSSR count). The van der Waals surface area contributed by atoms with Gasteiger partial charge in [0, 0.05) is 18.0 Å². The highest BCUT2D eigenvalue weighted by atomic mass is 35.5. The van der Waals surface area contributed by atoms with Crippen LogP contribution in [0.2, 0.25) is 5.02 Å². The number of halogens is 1. The summed E-state index contributed by atoms with van der Waals surface area (Å²) in [6, 6.07) is 16.0. The van der Waals surface area contributed by atoms with Gasteiger partial charge < -0.3 is 5.73 Å². The predicted octanol–water partition coefficient (Wildman–Crippen LogP) is 3.28. The third-order valence-electron chi connectivity index (χ3n) is 3.64. The van der Waals surface area contributed by atoms with Crippen LogP contribution in [0.25, 0.3) is 5.69 Å². The Bertz CT molecular complexity index is 781. The van der Waals surface area contributed by atoms with E-state index in [1.807, 2.05) is 48.0 Å². The van der Waals surface area contributed by atoms with Gasteiger partial charge in [-0.3, -0.25) is 0 Å². The van der Waals surface area contributed by atoms with Crippen molar-refractivity contribution in [3.63, 3.8) is 0 Å². The molecule has 1 aromatic heterocycles. The summed E-state index contributed by atoms with van der Waals surface area (Å²) in [6.45, 7) is 2.38. The summed E-state index contributed by atoms with van der Waals surface area (Å²) in [7, 11) is 0. The number of nitrogens with two attached hydrogens (primary N) is 1. The lowest BCUT2D eigenvalue weighted by molar-refractivity contribution is 0.768. The molecule has 5 heteroatoms. The second kappa shape index (κ2) is 6.30. The zero-order valence-corrected chi connectivity index (χ0v) is 13.1. The zero-order chi connectivity index (χ0) is 15.5. The molecule has 2 N–H and O–H groups in total. The van der Waals surface area contributed by atoms with Gasteiger partial charge in [0.2, 0.25) is 0 Å². The van der Waals surface area contributed by atoms with E-state index in [4.69, 9.17) is 17.3 Å². The molecule has 112 valence electrons. The van der Waals surface area contributed by atoms with E-state index in [0.717, 1.165) is 29.1 Å². The van der Waals surface area contributed by atoms with E-state index in [-0.39, 0.29) is 0 Å². The predicted molar refractivity (Wildman–Crippen MR) is 88.2 cm³/mol. The molecule has 0 aliphatic rings. The van der Waals surface area contributed by atoms with Crippen molar-refractivity contribution in [3.8, 4) is 5.69 Å². The van der Waals surface area contributed by atoms with Crippen molar-refractivity contribution < 1.29 is 0 Å². The fraction of sp³-hybridized carbons (Fsp3) is 0.176. The second-order valence-corrected chi connectivity index (χ2v) is 5.63. The Morgan fingerprint density at radius 1 is 1.14 bits per heavy atom. The smallest absolute Gasteiger partial charge is 0.100 e. The van der Waals surface area contributed by atoms with E-state index < -0.39 is 0 Å². The minimum atomic E-state index is 0.370. The van der Waals surface area contributed by atoms with Gasteiger partial charge in [-0.15, -0.1) is 5.10 Å². The minimum absolute atomic E-state index is 0.370. The summed E-state index contributed by atoms with van der Waals surface area (Å²) < 4.78 is 1.86. The van der Waals surface area contributed by atoms with Crippen molar-refractivity contribution in [3.05, 3.63) is 76.1 Å². The van der Waals surface area contributed by atoms with E-state index in [1.54, 1.807) is 0 Å². The maximum Gasteiger partial charge on any atom is 0.100 e. The van der Waals surface area contributed by atoms with Crippen molar-refractivity contribution in [2.75, 3.05) is 0 Å². The maximum absolute atomic E-state index is 6.04. The summed E-state index contributed by atoms with van der Waals surface area (Å²) in [5, 5.41) is 9.23. The number of hydrogen-bond donors (Lipinski definition) is 1. The molecule has 22 heavy (non-hydrogen) atoms. The number of benzene rings is 2. The first-order valence-corrected chi connectivity index (χ1v) is 7.51. The molecular weight excluding hydrogens is 296 g/mol. The third kappa shape index (κ3) is 2.89. The van der Waals surface area contributed by atoms with Gasteiger partial charge in [0.25, 0.3) is 0 Å². The molecule has 0 saturated carbocycles. The van der Waals surface area contributed by atoms with Crippen LogP contribution >= 0.6 is 11.6 Å². The van der Waals surface area contributed by atoms with Crippen LogP contribution in [0.5, 0.6) is 0 Å². The molecule has 0 spiro atoms. The molecular formula is C17H17ClN4. The molecule has 0 radical (unpaired) electrons. The summed E-state index contributed by atoms with van der Waals surface area (Å²) in [5.74, 6) is 0. The molecule has 0 bridgehead atoms. The van der Waals surface area contributed by atoms with Gasteiger partial charge in [-0.25, -0.2) is 4.68 Å². The highest BCUT2D eigenvalue weighted by molar-refractivity contribution is 6.30. The Morgan fingerprint density at radius 2 is 1.91 bits per heavy atom. The minimum Gasteiger partial charge on any atom is -0.325 e.